The first-order chi connectivity index (χ1) is 17.0. The molecule has 1 saturated heterocycles. The monoisotopic (exact) mass is 477 g/mol. The summed E-state index contributed by atoms with van der Waals surface area (Å²) in [5.41, 5.74) is 3.75. The number of aliphatic hydroxyl groups is 1. The molecule has 1 saturated carbocycles. The molecular formula is C25H28FN7O2. The molecule has 5 heterocycles. The first-order valence-corrected chi connectivity index (χ1v) is 12.1. The lowest BCUT2D eigenvalue weighted by atomic mass is 10.0. The summed E-state index contributed by atoms with van der Waals surface area (Å²) in [5, 5.41) is 20.7. The molecule has 0 spiro atoms. The van der Waals surface area contributed by atoms with Crippen LogP contribution in [-0.2, 0) is 6.61 Å². The van der Waals surface area contributed by atoms with E-state index in [2.05, 4.69) is 25.6 Å². The number of anilines is 2. The standard InChI is InChI=1S/C25H28FN7O2/c1-15-12-32-13-18(10-20(26)24(32)27-15)29-25(35)22-5-4-21(23-11-19(14-34)30-33(22)23)31-8-6-17(7-9-31)28-16-2-3-16/h4-5,10-13,16-17,28,34H,2-3,6-9,14H2,1H3,(H,29,35). The number of aryl methyl sites for hydroxylation is 1. The van der Waals surface area contributed by atoms with Crippen molar-refractivity contribution in [3.8, 4) is 0 Å². The van der Waals surface area contributed by atoms with E-state index in [1.807, 2.05) is 12.1 Å². The van der Waals surface area contributed by atoms with Gasteiger partial charge in [0, 0.05) is 43.6 Å². The SMILES string of the molecule is Cc1cn2cc(NC(=O)c3ccc(N4CCC(NC5CC5)CC4)c4cc(CO)nn34)cc(F)c2n1. The van der Waals surface area contributed by atoms with Crippen LogP contribution in [0.2, 0.25) is 0 Å². The molecule has 35 heavy (non-hydrogen) atoms. The third kappa shape index (κ3) is 4.23. The van der Waals surface area contributed by atoms with Gasteiger partial charge in [-0.05, 0) is 50.8 Å². The van der Waals surface area contributed by atoms with Crippen LogP contribution in [0.5, 0.6) is 0 Å². The van der Waals surface area contributed by atoms with Crippen molar-refractivity contribution in [1.29, 1.82) is 0 Å². The number of hydrogen-bond acceptors (Lipinski definition) is 6. The average molecular weight is 478 g/mol. The number of rotatable bonds is 6. The maximum absolute atomic E-state index is 14.5. The zero-order chi connectivity index (χ0) is 24.1. The molecule has 6 rings (SSSR count). The van der Waals surface area contributed by atoms with Gasteiger partial charge in [-0.25, -0.2) is 13.9 Å². The van der Waals surface area contributed by atoms with E-state index < -0.39 is 11.7 Å². The van der Waals surface area contributed by atoms with Crippen molar-refractivity contribution in [2.24, 2.45) is 0 Å². The summed E-state index contributed by atoms with van der Waals surface area (Å²) < 4.78 is 17.6. The van der Waals surface area contributed by atoms with E-state index in [0.29, 0.717) is 34.9 Å². The smallest absolute Gasteiger partial charge is 0.274 e. The average Bonchev–Trinajstić information content (AvgIpc) is 3.41. The van der Waals surface area contributed by atoms with Gasteiger partial charge >= 0.3 is 0 Å². The number of imidazole rings is 1. The highest BCUT2D eigenvalue weighted by molar-refractivity contribution is 6.04. The number of aromatic nitrogens is 4. The van der Waals surface area contributed by atoms with Gasteiger partial charge < -0.3 is 25.0 Å². The third-order valence-corrected chi connectivity index (χ3v) is 6.81. The van der Waals surface area contributed by atoms with Crippen LogP contribution in [-0.4, -0.2) is 55.2 Å². The van der Waals surface area contributed by atoms with Crippen molar-refractivity contribution >= 4 is 28.4 Å². The van der Waals surface area contributed by atoms with E-state index in [0.717, 1.165) is 37.1 Å². The van der Waals surface area contributed by atoms with Crippen molar-refractivity contribution in [1.82, 2.24) is 24.3 Å². The Hall–Kier alpha value is -3.50. The molecule has 3 N–H and O–H groups in total. The summed E-state index contributed by atoms with van der Waals surface area (Å²) in [5.74, 6) is -0.935. The van der Waals surface area contributed by atoms with Gasteiger partial charge in [0.15, 0.2) is 11.5 Å². The molecule has 1 aliphatic heterocycles. The summed E-state index contributed by atoms with van der Waals surface area (Å²) in [7, 11) is 0. The number of carbonyl (C=O) groups is 1. The summed E-state index contributed by atoms with van der Waals surface area (Å²) in [4.78, 5) is 19.7. The molecule has 0 bridgehead atoms. The van der Waals surface area contributed by atoms with E-state index in [1.54, 1.807) is 34.3 Å². The molecule has 1 aliphatic carbocycles. The minimum Gasteiger partial charge on any atom is -0.390 e. The molecule has 0 radical (unpaired) electrons. The van der Waals surface area contributed by atoms with Gasteiger partial charge in [-0.1, -0.05) is 0 Å². The second-order valence-corrected chi connectivity index (χ2v) is 9.54. The molecule has 2 fully saturated rings. The minimum atomic E-state index is -0.516. The van der Waals surface area contributed by atoms with Crippen molar-refractivity contribution in [3.63, 3.8) is 0 Å². The number of aliphatic hydroxyl groups excluding tert-OH is 1. The van der Waals surface area contributed by atoms with Crippen LogP contribution in [0.3, 0.4) is 0 Å². The van der Waals surface area contributed by atoms with Gasteiger partial charge in [-0.3, -0.25) is 4.79 Å². The third-order valence-electron chi connectivity index (χ3n) is 6.81. The molecule has 10 heteroatoms. The predicted molar refractivity (Wildman–Crippen MR) is 130 cm³/mol. The molecule has 4 aromatic heterocycles. The predicted octanol–water partition coefficient (Wildman–Crippen LogP) is 2.89. The highest BCUT2D eigenvalue weighted by Gasteiger charge is 2.28. The molecule has 2 aliphatic rings. The normalized spacial score (nSPS) is 16.9. The Morgan fingerprint density at radius 1 is 1.14 bits per heavy atom. The topological polar surface area (TPSA) is 99.2 Å². The molecule has 1 amide bonds. The number of hydrogen-bond donors (Lipinski definition) is 3. The number of nitrogens with one attached hydrogen (secondary N) is 2. The van der Waals surface area contributed by atoms with Crippen LogP contribution < -0.4 is 15.5 Å². The van der Waals surface area contributed by atoms with E-state index in [9.17, 15) is 14.3 Å². The van der Waals surface area contributed by atoms with Crippen molar-refractivity contribution < 1.29 is 14.3 Å². The number of carbonyl (C=O) groups excluding carboxylic acids is 1. The Bertz CT molecular complexity index is 1420. The maximum Gasteiger partial charge on any atom is 0.274 e. The number of nitrogens with zero attached hydrogens (tertiary/aromatic N) is 5. The summed E-state index contributed by atoms with van der Waals surface area (Å²) >= 11 is 0. The Kier molecular flexibility index (Phi) is 5.42. The largest absolute Gasteiger partial charge is 0.390 e. The van der Waals surface area contributed by atoms with Crippen LogP contribution in [0.15, 0.2) is 36.7 Å². The molecule has 0 aromatic carbocycles. The molecular weight excluding hydrogens is 449 g/mol. The van der Waals surface area contributed by atoms with Gasteiger partial charge in [0.05, 0.1) is 34.9 Å². The first kappa shape index (κ1) is 22.0. The maximum atomic E-state index is 14.5. The number of pyridine rings is 2. The van der Waals surface area contributed by atoms with Crippen LogP contribution in [0.25, 0.3) is 11.2 Å². The molecule has 182 valence electrons. The van der Waals surface area contributed by atoms with Gasteiger partial charge in [-0.15, -0.1) is 0 Å². The quantitative estimate of drug-likeness (QED) is 0.395. The zero-order valence-electron chi connectivity index (χ0n) is 19.5. The molecule has 9 nitrogen and oxygen atoms in total. The Morgan fingerprint density at radius 2 is 1.91 bits per heavy atom. The highest BCUT2D eigenvalue weighted by atomic mass is 19.1. The van der Waals surface area contributed by atoms with E-state index in [-0.39, 0.29) is 12.3 Å². The van der Waals surface area contributed by atoms with Crippen LogP contribution in [0, 0.1) is 12.7 Å². The van der Waals surface area contributed by atoms with Crippen LogP contribution >= 0.6 is 0 Å². The Morgan fingerprint density at radius 3 is 2.66 bits per heavy atom. The lowest BCUT2D eigenvalue weighted by Crippen LogP contribution is -2.43. The lowest BCUT2D eigenvalue weighted by molar-refractivity contribution is 0.102. The van der Waals surface area contributed by atoms with E-state index >= 15 is 0 Å². The van der Waals surface area contributed by atoms with Crippen LogP contribution in [0.4, 0.5) is 15.8 Å². The van der Waals surface area contributed by atoms with Gasteiger partial charge in [-0.2, -0.15) is 5.10 Å². The van der Waals surface area contributed by atoms with Gasteiger partial charge in [0.25, 0.3) is 5.91 Å². The molecule has 4 aromatic rings. The van der Waals surface area contributed by atoms with Crippen molar-refractivity contribution in [2.45, 2.75) is 51.3 Å². The Labute approximate surface area is 201 Å². The number of fused-ring (bicyclic) bond motifs is 2. The second-order valence-electron chi connectivity index (χ2n) is 9.54. The fourth-order valence-corrected chi connectivity index (χ4v) is 4.94. The Balaban J connectivity index is 1.28. The van der Waals surface area contributed by atoms with Gasteiger partial charge in [0.1, 0.15) is 5.69 Å². The van der Waals surface area contributed by atoms with Crippen molar-refractivity contribution in [3.05, 3.63) is 59.6 Å². The fraction of sp³-hybridized carbons (Fsp3) is 0.400. The fourth-order valence-electron chi connectivity index (χ4n) is 4.94. The second kappa shape index (κ2) is 8.62. The van der Waals surface area contributed by atoms with Gasteiger partial charge in [0.2, 0.25) is 0 Å². The number of amides is 1. The lowest BCUT2D eigenvalue weighted by Gasteiger charge is -2.34. The number of halogens is 1. The van der Waals surface area contributed by atoms with Crippen LogP contribution in [0.1, 0.15) is 47.6 Å². The number of piperidine rings is 1. The highest BCUT2D eigenvalue weighted by Crippen LogP contribution is 2.29. The first-order valence-electron chi connectivity index (χ1n) is 12.1. The summed E-state index contributed by atoms with van der Waals surface area (Å²) in [6.07, 6.45) is 8.02. The van der Waals surface area contributed by atoms with Crippen molar-refractivity contribution in [2.75, 3.05) is 23.3 Å². The molecule has 0 atom stereocenters. The zero-order valence-corrected chi connectivity index (χ0v) is 19.5. The molecule has 0 unspecified atom stereocenters. The van der Waals surface area contributed by atoms with E-state index in [4.69, 9.17) is 0 Å². The van der Waals surface area contributed by atoms with E-state index in [1.165, 1.54) is 18.9 Å². The summed E-state index contributed by atoms with van der Waals surface area (Å²) in [6.45, 7) is 3.38. The summed E-state index contributed by atoms with van der Waals surface area (Å²) in [6, 6.07) is 8.00. The minimum absolute atomic E-state index is 0.211.